The van der Waals surface area contributed by atoms with Gasteiger partial charge in [-0.1, -0.05) is 30.9 Å². The van der Waals surface area contributed by atoms with E-state index in [-0.39, 0.29) is 11.1 Å². The van der Waals surface area contributed by atoms with Gasteiger partial charge in [-0.3, -0.25) is 9.79 Å². The van der Waals surface area contributed by atoms with E-state index in [1.807, 2.05) is 24.3 Å². The molecule has 0 radical (unpaired) electrons. The normalized spacial score (nSPS) is 12.7. The molecule has 0 atom stereocenters. The van der Waals surface area contributed by atoms with Gasteiger partial charge in [0.2, 0.25) is 5.78 Å². The van der Waals surface area contributed by atoms with Gasteiger partial charge in [0.25, 0.3) is 0 Å². The van der Waals surface area contributed by atoms with Crippen molar-refractivity contribution < 1.29 is 4.79 Å². The van der Waals surface area contributed by atoms with Crippen LogP contribution in [0.1, 0.15) is 21.5 Å². The Bertz CT molecular complexity index is 998. The van der Waals surface area contributed by atoms with Crippen LogP contribution in [0.25, 0.3) is 22.4 Å². The van der Waals surface area contributed by atoms with Crippen LogP contribution in [-0.4, -0.2) is 12.5 Å². The third kappa shape index (κ3) is 1.55. The van der Waals surface area contributed by atoms with E-state index in [1.54, 1.807) is 18.2 Å². The Balaban J connectivity index is 2.64. The molecule has 0 saturated heterocycles. The summed E-state index contributed by atoms with van der Waals surface area (Å²) in [6.45, 7) is 7.25. The second-order valence-electron chi connectivity index (χ2n) is 4.76. The molecule has 22 heavy (non-hydrogen) atoms. The minimum atomic E-state index is -0.492. The van der Waals surface area contributed by atoms with E-state index < -0.39 is 5.78 Å². The van der Waals surface area contributed by atoms with E-state index in [0.29, 0.717) is 27.8 Å². The highest BCUT2D eigenvalue weighted by molar-refractivity contribution is 6.30. The van der Waals surface area contributed by atoms with Crippen molar-refractivity contribution in [3.8, 4) is 12.1 Å². The molecule has 4 heteroatoms. The first-order valence-corrected chi connectivity index (χ1v) is 6.46. The molecule has 0 amide bonds. The van der Waals surface area contributed by atoms with Crippen molar-refractivity contribution in [2.75, 3.05) is 0 Å². The van der Waals surface area contributed by atoms with Gasteiger partial charge < -0.3 is 0 Å². The van der Waals surface area contributed by atoms with Gasteiger partial charge in [-0.05, 0) is 18.2 Å². The summed E-state index contributed by atoms with van der Waals surface area (Å²) >= 11 is 0. The second-order valence-corrected chi connectivity index (χ2v) is 4.76. The predicted molar refractivity (Wildman–Crippen MR) is 85.7 cm³/mol. The van der Waals surface area contributed by atoms with Crippen LogP contribution in [0.3, 0.4) is 0 Å². The molecule has 102 valence electrons. The van der Waals surface area contributed by atoms with Crippen molar-refractivity contribution in [3.05, 3.63) is 53.1 Å². The average Bonchev–Trinajstić information content (AvgIpc) is 2.56. The zero-order valence-corrected chi connectivity index (χ0v) is 11.6. The van der Waals surface area contributed by atoms with Crippen LogP contribution in [0.5, 0.6) is 0 Å². The summed E-state index contributed by atoms with van der Waals surface area (Å²) in [6.07, 6.45) is 1.59. The lowest BCUT2D eigenvalue weighted by atomic mass is 9.81. The fourth-order valence-electron chi connectivity index (χ4n) is 2.82. The summed E-state index contributed by atoms with van der Waals surface area (Å²) in [5.74, 6) is -0.492. The van der Waals surface area contributed by atoms with Gasteiger partial charge in [0.05, 0.1) is 16.8 Å². The predicted octanol–water partition coefficient (Wildman–Crippen LogP) is 3.81. The number of rotatable bonds is 2. The Morgan fingerprint density at radius 3 is 2.50 bits per heavy atom. The SMILES string of the molecule is C=Cc1cc2cccc3c2c(c1N=C)C(=O)C(C#N)=C3C#N. The molecule has 0 aromatic heterocycles. The first-order chi connectivity index (χ1) is 10.7. The zero-order chi connectivity index (χ0) is 15.9. The fourth-order valence-corrected chi connectivity index (χ4v) is 2.82. The first kappa shape index (κ1) is 13.5. The largest absolute Gasteiger partial charge is 0.288 e. The molecule has 0 N–H and O–H groups in total. The van der Waals surface area contributed by atoms with Crippen molar-refractivity contribution in [3.63, 3.8) is 0 Å². The molecule has 3 rings (SSSR count). The van der Waals surface area contributed by atoms with Gasteiger partial charge in [-0.15, -0.1) is 0 Å². The Kier molecular flexibility index (Phi) is 2.94. The van der Waals surface area contributed by atoms with Crippen LogP contribution in [0.4, 0.5) is 5.69 Å². The van der Waals surface area contributed by atoms with Crippen LogP contribution in [0.15, 0.2) is 41.4 Å². The first-order valence-electron chi connectivity index (χ1n) is 6.46. The van der Waals surface area contributed by atoms with Crippen molar-refractivity contribution in [1.29, 1.82) is 10.5 Å². The summed E-state index contributed by atoms with van der Waals surface area (Å²) in [4.78, 5) is 16.6. The summed E-state index contributed by atoms with van der Waals surface area (Å²) in [5, 5.41) is 20.1. The molecule has 4 nitrogen and oxygen atoms in total. The number of nitriles is 2. The molecular formula is C18H9N3O. The molecule has 0 saturated carbocycles. The second kappa shape index (κ2) is 4.80. The van der Waals surface area contributed by atoms with Crippen molar-refractivity contribution in [1.82, 2.24) is 0 Å². The molecule has 2 aromatic rings. The van der Waals surface area contributed by atoms with E-state index in [0.717, 1.165) is 5.39 Å². The lowest BCUT2D eigenvalue weighted by Gasteiger charge is -2.19. The highest BCUT2D eigenvalue weighted by atomic mass is 16.1. The molecule has 1 aliphatic carbocycles. The Morgan fingerprint density at radius 2 is 1.91 bits per heavy atom. The fraction of sp³-hybridized carbons (Fsp3) is 0. The van der Waals surface area contributed by atoms with Gasteiger partial charge in [0.1, 0.15) is 17.7 Å². The number of carbonyl (C=O) groups is 1. The molecule has 0 spiro atoms. The number of hydrogen-bond acceptors (Lipinski definition) is 4. The number of nitrogens with zero attached hydrogens (tertiary/aromatic N) is 3. The smallest absolute Gasteiger partial charge is 0.207 e. The van der Waals surface area contributed by atoms with E-state index >= 15 is 0 Å². The molecule has 2 aromatic carbocycles. The number of Topliss-reactive ketones (excluding diaryl/α,β-unsaturated/α-hetero) is 1. The minimum absolute atomic E-state index is 0.104. The highest BCUT2D eigenvalue weighted by Gasteiger charge is 2.31. The van der Waals surface area contributed by atoms with Crippen LogP contribution < -0.4 is 0 Å². The molecule has 1 aliphatic rings. The minimum Gasteiger partial charge on any atom is -0.288 e. The number of allylic oxidation sites excluding steroid dienone is 2. The quantitative estimate of drug-likeness (QED) is 0.786. The van der Waals surface area contributed by atoms with Gasteiger partial charge in [-0.25, -0.2) is 0 Å². The molecule has 0 heterocycles. The van der Waals surface area contributed by atoms with Gasteiger partial charge >= 0.3 is 0 Å². The maximum atomic E-state index is 12.7. The monoisotopic (exact) mass is 283 g/mol. The van der Waals surface area contributed by atoms with Gasteiger partial charge in [0.15, 0.2) is 0 Å². The molecule has 0 aliphatic heterocycles. The maximum Gasteiger partial charge on any atom is 0.207 e. The Morgan fingerprint density at radius 1 is 1.18 bits per heavy atom. The maximum absolute atomic E-state index is 12.7. The van der Waals surface area contributed by atoms with E-state index in [1.165, 1.54) is 0 Å². The van der Waals surface area contributed by atoms with Crippen LogP contribution >= 0.6 is 0 Å². The number of aliphatic imine (C=N–C) groups is 1. The summed E-state index contributed by atoms with van der Waals surface area (Å²) in [5.41, 5.74) is 1.89. The molecular weight excluding hydrogens is 274 g/mol. The van der Waals surface area contributed by atoms with Crippen LogP contribution in [-0.2, 0) is 0 Å². The number of benzene rings is 2. The van der Waals surface area contributed by atoms with Crippen molar-refractivity contribution >= 4 is 40.6 Å². The number of carbonyl (C=O) groups excluding carboxylic acids is 1. The van der Waals surface area contributed by atoms with Crippen molar-refractivity contribution in [2.24, 2.45) is 4.99 Å². The third-order valence-electron chi connectivity index (χ3n) is 3.74. The lowest BCUT2D eigenvalue weighted by molar-refractivity contribution is 0.104. The number of hydrogen-bond donors (Lipinski definition) is 0. The third-order valence-corrected chi connectivity index (χ3v) is 3.74. The summed E-state index contributed by atoms with van der Waals surface area (Å²) in [6, 6.07) is 11.0. The summed E-state index contributed by atoms with van der Waals surface area (Å²) < 4.78 is 0. The Hall–Kier alpha value is -3.50. The average molecular weight is 283 g/mol. The van der Waals surface area contributed by atoms with Crippen LogP contribution in [0, 0.1) is 22.7 Å². The van der Waals surface area contributed by atoms with Crippen molar-refractivity contribution in [2.45, 2.75) is 0 Å². The highest BCUT2D eigenvalue weighted by Crippen LogP contribution is 2.42. The van der Waals surface area contributed by atoms with E-state index in [9.17, 15) is 15.3 Å². The van der Waals surface area contributed by atoms with Gasteiger partial charge in [0, 0.05) is 16.5 Å². The zero-order valence-electron chi connectivity index (χ0n) is 11.6. The standard InChI is InChI=1S/C18H9N3O/c1-3-10-7-11-5-4-6-12-13(8-19)14(9-20)18(22)16(15(11)12)17(10)21-2/h3-7H,1-2H2. The Labute approximate surface area is 126 Å². The lowest BCUT2D eigenvalue weighted by Crippen LogP contribution is -2.12. The summed E-state index contributed by atoms with van der Waals surface area (Å²) in [7, 11) is 0. The number of ketones is 1. The topological polar surface area (TPSA) is 77.0 Å². The molecule has 0 bridgehead atoms. The van der Waals surface area contributed by atoms with Gasteiger partial charge in [-0.2, -0.15) is 10.5 Å². The van der Waals surface area contributed by atoms with E-state index in [4.69, 9.17) is 0 Å². The molecule has 0 fully saturated rings. The molecule has 0 unspecified atom stereocenters. The van der Waals surface area contributed by atoms with Crippen LogP contribution in [0.2, 0.25) is 0 Å². The van der Waals surface area contributed by atoms with E-state index in [2.05, 4.69) is 18.3 Å².